The molecule has 3 nitrogen and oxygen atoms in total. The van der Waals surface area contributed by atoms with Crippen molar-refractivity contribution >= 4 is 21.6 Å². The molecule has 0 aromatic heterocycles. The lowest BCUT2D eigenvalue weighted by atomic mass is 10.1. The largest absolute Gasteiger partial charge is 0.388 e. The molecule has 0 saturated carbocycles. The van der Waals surface area contributed by atoms with Gasteiger partial charge in [-0.3, -0.25) is 0 Å². The Hall–Kier alpha value is -0.580. The Morgan fingerprint density at radius 1 is 1.45 bits per heavy atom. The fourth-order valence-electron chi connectivity index (χ4n) is 2.65. The van der Waals surface area contributed by atoms with E-state index in [9.17, 15) is 5.11 Å². The molecule has 0 spiro atoms. The van der Waals surface area contributed by atoms with Gasteiger partial charge >= 0.3 is 0 Å². The summed E-state index contributed by atoms with van der Waals surface area (Å²) in [5.41, 5.74) is 1.97. The molecule has 1 aliphatic rings. The third-order valence-corrected chi connectivity index (χ3v) is 4.20. The Labute approximate surface area is 130 Å². The molecule has 1 atom stereocenters. The van der Waals surface area contributed by atoms with E-state index in [0.29, 0.717) is 12.5 Å². The van der Waals surface area contributed by atoms with E-state index in [1.807, 2.05) is 6.92 Å². The van der Waals surface area contributed by atoms with Crippen molar-refractivity contribution < 1.29 is 5.11 Å². The minimum absolute atomic E-state index is 0.560. The van der Waals surface area contributed by atoms with Gasteiger partial charge in [0.2, 0.25) is 0 Å². The number of nitrogens with one attached hydrogen (secondary N) is 1. The number of hydrogen-bond donors (Lipinski definition) is 2. The molecule has 1 aliphatic heterocycles. The van der Waals surface area contributed by atoms with Gasteiger partial charge in [-0.25, -0.2) is 0 Å². The second-order valence-electron chi connectivity index (χ2n) is 6.47. The maximum atomic E-state index is 10.2. The van der Waals surface area contributed by atoms with Crippen molar-refractivity contribution in [2.45, 2.75) is 39.3 Å². The van der Waals surface area contributed by atoms with Crippen LogP contribution in [0.5, 0.6) is 0 Å². The first-order valence-electron chi connectivity index (χ1n) is 7.34. The van der Waals surface area contributed by atoms with Gasteiger partial charge in [0.05, 0.1) is 5.60 Å². The Balaban J connectivity index is 2.12. The van der Waals surface area contributed by atoms with Crippen molar-refractivity contribution in [1.29, 1.82) is 0 Å². The number of benzene rings is 1. The van der Waals surface area contributed by atoms with Gasteiger partial charge < -0.3 is 15.3 Å². The maximum Gasteiger partial charge on any atom is 0.0810 e. The van der Waals surface area contributed by atoms with Crippen molar-refractivity contribution in [2.75, 3.05) is 24.5 Å². The van der Waals surface area contributed by atoms with E-state index < -0.39 is 5.60 Å². The van der Waals surface area contributed by atoms with Crippen LogP contribution in [0.25, 0.3) is 0 Å². The van der Waals surface area contributed by atoms with Crippen LogP contribution in [0.1, 0.15) is 32.8 Å². The minimum Gasteiger partial charge on any atom is -0.388 e. The predicted molar refractivity (Wildman–Crippen MR) is 88.1 cm³/mol. The molecule has 1 aromatic rings. The van der Waals surface area contributed by atoms with E-state index in [1.54, 1.807) is 0 Å². The second kappa shape index (κ2) is 6.46. The van der Waals surface area contributed by atoms with Crippen LogP contribution in [-0.4, -0.2) is 30.3 Å². The summed E-state index contributed by atoms with van der Waals surface area (Å²) in [7, 11) is 0. The summed E-state index contributed by atoms with van der Waals surface area (Å²) in [5, 5.41) is 13.7. The van der Waals surface area contributed by atoms with Gasteiger partial charge in [0.25, 0.3) is 0 Å². The number of anilines is 1. The lowest BCUT2D eigenvalue weighted by Crippen LogP contribution is -2.30. The Morgan fingerprint density at radius 3 is 2.80 bits per heavy atom. The highest BCUT2D eigenvalue weighted by atomic mass is 79.9. The summed E-state index contributed by atoms with van der Waals surface area (Å²) in [6.45, 7) is 9.87. The lowest BCUT2D eigenvalue weighted by molar-refractivity contribution is 0.0839. The first-order valence-corrected chi connectivity index (χ1v) is 8.13. The monoisotopic (exact) mass is 340 g/mol. The highest BCUT2D eigenvalue weighted by molar-refractivity contribution is 9.10. The molecule has 0 amide bonds. The van der Waals surface area contributed by atoms with Crippen LogP contribution in [0.3, 0.4) is 0 Å². The van der Waals surface area contributed by atoms with Gasteiger partial charge in [-0.05, 0) is 49.6 Å². The highest BCUT2D eigenvalue weighted by Gasteiger charge is 2.32. The third-order valence-electron chi connectivity index (χ3n) is 3.70. The lowest BCUT2D eigenvalue weighted by Gasteiger charge is -2.24. The first kappa shape index (κ1) is 15.8. The molecule has 1 fully saturated rings. The zero-order valence-corrected chi connectivity index (χ0v) is 14.2. The average molecular weight is 341 g/mol. The quantitative estimate of drug-likeness (QED) is 0.864. The molecule has 4 heteroatoms. The zero-order valence-electron chi connectivity index (χ0n) is 12.6. The number of hydrogen-bond acceptors (Lipinski definition) is 3. The van der Waals surface area contributed by atoms with Gasteiger partial charge in [-0.2, -0.15) is 0 Å². The molecule has 2 rings (SSSR count). The number of halogens is 1. The fraction of sp³-hybridized carbons (Fsp3) is 0.625. The highest BCUT2D eigenvalue weighted by Crippen LogP contribution is 2.30. The standard InChI is InChI=1S/C16H25BrN2O/c1-12(2)9-18-10-13-8-14(17)4-5-15(13)19-7-6-16(3,20)11-19/h4-5,8,12,18,20H,6-7,9-11H2,1-3H3. The normalized spacial score (nSPS) is 22.8. The topological polar surface area (TPSA) is 35.5 Å². The molecule has 1 aromatic carbocycles. The minimum atomic E-state index is -0.560. The predicted octanol–water partition coefficient (Wildman–Crippen LogP) is 3.16. The molecule has 1 saturated heterocycles. The molecule has 0 aliphatic carbocycles. The van der Waals surface area contributed by atoms with Gasteiger partial charge in [0.1, 0.15) is 0 Å². The van der Waals surface area contributed by atoms with Gasteiger partial charge in [0, 0.05) is 29.8 Å². The summed E-state index contributed by atoms with van der Waals surface area (Å²) in [5.74, 6) is 0.651. The molecule has 1 unspecified atom stereocenters. The van der Waals surface area contributed by atoms with Crippen molar-refractivity contribution in [3.05, 3.63) is 28.2 Å². The number of β-amino-alcohol motifs (C(OH)–C–C–N with tert-alkyl or cyclic N) is 1. The van der Waals surface area contributed by atoms with Crippen LogP contribution in [0, 0.1) is 5.92 Å². The van der Waals surface area contributed by atoms with E-state index in [1.165, 1.54) is 11.3 Å². The third kappa shape index (κ3) is 4.21. The summed E-state index contributed by atoms with van der Waals surface area (Å²) in [6.07, 6.45) is 0.835. The van der Waals surface area contributed by atoms with Gasteiger partial charge in [0.15, 0.2) is 0 Å². The smallest absolute Gasteiger partial charge is 0.0810 e. The van der Waals surface area contributed by atoms with Crippen molar-refractivity contribution in [3.63, 3.8) is 0 Å². The Bertz CT molecular complexity index is 460. The van der Waals surface area contributed by atoms with Crippen LogP contribution in [-0.2, 0) is 6.54 Å². The molecular formula is C16H25BrN2O. The summed E-state index contributed by atoms with van der Waals surface area (Å²) < 4.78 is 1.11. The Morgan fingerprint density at radius 2 is 2.20 bits per heavy atom. The fourth-order valence-corrected chi connectivity index (χ4v) is 3.06. The average Bonchev–Trinajstić information content (AvgIpc) is 2.69. The van der Waals surface area contributed by atoms with Gasteiger partial charge in [-0.15, -0.1) is 0 Å². The zero-order chi connectivity index (χ0) is 14.8. The molecule has 112 valence electrons. The van der Waals surface area contributed by atoms with Crippen molar-refractivity contribution in [2.24, 2.45) is 5.92 Å². The van der Waals surface area contributed by atoms with Crippen LogP contribution < -0.4 is 10.2 Å². The first-order chi connectivity index (χ1) is 9.37. The van der Waals surface area contributed by atoms with E-state index in [-0.39, 0.29) is 0 Å². The van der Waals surface area contributed by atoms with Crippen LogP contribution in [0.2, 0.25) is 0 Å². The van der Waals surface area contributed by atoms with E-state index in [0.717, 1.165) is 30.5 Å². The van der Waals surface area contributed by atoms with E-state index in [4.69, 9.17) is 0 Å². The second-order valence-corrected chi connectivity index (χ2v) is 7.38. The van der Waals surface area contributed by atoms with Crippen LogP contribution >= 0.6 is 15.9 Å². The number of nitrogens with zero attached hydrogens (tertiary/aromatic N) is 1. The van der Waals surface area contributed by atoms with E-state index in [2.05, 4.69) is 58.2 Å². The van der Waals surface area contributed by atoms with Gasteiger partial charge in [-0.1, -0.05) is 29.8 Å². The molecule has 20 heavy (non-hydrogen) atoms. The Kier molecular flexibility index (Phi) is 5.10. The number of aliphatic hydroxyl groups is 1. The molecule has 0 radical (unpaired) electrons. The van der Waals surface area contributed by atoms with E-state index >= 15 is 0 Å². The summed E-state index contributed by atoms with van der Waals surface area (Å²) in [4.78, 5) is 2.29. The molecule has 1 heterocycles. The number of rotatable bonds is 5. The van der Waals surface area contributed by atoms with Crippen molar-refractivity contribution in [3.8, 4) is 0 Å². The molecule has 0 bridgehead atoms. The van der Waals surface area contributed by atoms with Crippen LogP contribution in [0.15, 0.2) is 22.7 Å². The summed E-state index contributed by atoms with van der Waals surface area (Å²) >= 11 is 3.55. The molecular weight excluding hydrogens is 316 g/mol. The van der Waals surface area contributed by atoms with Crippen molar-refractivity contribution in [1.82, 2.24) is 5.32 Å². The molecule has 2 N–H and O–H groups in total. The maximum absolute atomic E-state index is 10.2. The summed E-state index contributed by atoms with van der Waals surface area (Å²) in [6, 6.07) is 6.40. The van der Waals surface area contributed by atoms with Crippen LogP contribution in [0.4, 0.5) is 5.69 Å². The SMILES string of the molecule is CC(C)CNCc1cc(Br)ccc1N1CCC(C)(O)C1.